The lowest BCUT2D eigenvalue weighted by Crippen LogP contribution is -2.50. The summed E-state index contributed by atoms with van der Waals surface area (Å²) >= 11 is 0. The molecule has 0 saturated carbocycles. The van der Waals surface area contributed by atoms with Gasteiger partial charge in [-0.3, -0.25) is 0 Å². The number of carbonyl (C=O) groups is 3. The van der Waals surface area contributed by atoms with Gasteiger partial charge in [-0.1, -0.05) is 13.8 Å². The second kappa shape index (κ2) is 6.78. The average molecular weight is 303 g/mol. The molecule has 0 aromatic heterocycles. The van der Waals surface area contributed by atoms with E-state index in [0.29, 0.717) is 0 Å². The van der Waals surface area contributed by atoms with Gasteiger partial charge in [0.2, 0.25) is 5.60 Å². The fraction of sp³-hybridized carbons (Fsp3) is 0.786. The Labute approximate surface area is 125 Å². The third-order valence-electron chi connectivity index (χ3n) is 2.93. The molecule has 0 saturated heterocycles. The van der Waals surface area contributed by atoms with E-state index in [9.17, 15) is 19.5 Å². The maximum atomic E-state index is 11.9. The maximum Gasteiger partial charge on any atom is 0.408 e. The van der Waals surface area contributed by atoms with Crippen molar-refractivity contribution in [1.82, 2.24) is 5.32 Å². The van der Waals surface area contributed by atoms with E-state index in [-0.39, 0.29) is 0 Å². The number of aliphatic carboxylic acids is 1. The summed E-state index contributed by atoms with van der Waals surface area (Å²) in [5.74, 6) is -2.50. The smallest absolute Gasteiger partial charge is 0.408 e. The number of ether oxygens (including phenoxy) is 2. The fourth-order valence-electron chi connectivity index (χ4n) is 1.25. The van der Waals surface area contributed by atoms with Crippen LogP contribution < -0.4 is 5.32 Å². The van der Waals surface area contributed by atoms with Gasteiger partial charge in [-0.25, -0.2) is 14.4 Å². The number of esters is 1. The predicted octanol–water partition coefficient (Wildman–Crippen LogP) is 1.94. The Morgan fingerprint density at radius 2 is 1.48 bits per heavy atom. The highest BCUT2D eigenvalue weighted by atomic mass is 16.6. The zero-order valence-electron chi connectivity index (χ0n) is 13.6. The van der Waals surface area contributed by atoms with Crippen LogP contribution in [-0.2, 0) is 19.1 Å². The predicted molar refractivity (Wildman–Crippen MR) is 75.8 cm³/mol. The Kier molecular flexibility index (Phi) is 6.20. The molecule has 2 N–H and O–H groups in total. The minimum atomic E-state index is -1.65. The monoisotopic (exact) mass is 303 g/mol. The van der Waals surface area contributed by atoms with Crippen LogP contribution >= 0.6 is 0 Å². The number of alkyl carbamates (subject to hydrolysis) is 1. The molecule has 0 heterocycles. The normalized spacial score (nSPS) is 15.8. The van der Waals surface area contributed by atoms with E-state index in [2.05, 4.69) is 5.32 Å². The first-order valence-corrected chi connectivity index (χ1v) is 6.75. The van der Waals surface area contributed by atoms with Gasteiger partial charge in [-0.15, -0.1) is 0 Å². The third-order valence-corrected chi connectivity index (χ3v) is 2.93. The SMILES string of the molecule is CC(C)[C@](C)(OC(=O)[C@H](C)NC(=O)OC(C)(C)C)C(=O)O. The highest BCUT2D eigenvalue weighted by Gasteiger charge is 2.42. The van der Waals surface area contributed by atoms with E-state index in [0.717, 1.165) is 0 Å². The second-order valence-corrected chi connectivity index (χ2v) is 6.36. The van der Waals surface area contributed by atoms with Gasteiger partial charge in [0.05, 0.1) is 0 Å². The summed E-state index contributed by atoms with van der Waals surface area (Å²) in [6, 6.07) is -1.02. The van der Waals surface area contributed by atoms with E-state index in [1.54, 1.807) is 34.6 Å². The first-order valence-electron chi connectivity index (χ1n) is 6.75. The minimum Gasteiger partial charge on any atom is -0.478 e. The second-order valence-electron chi connectivity index (χ2n) is 6.36. The van der Waals surface area contributed by atoms with Gasteiger partial charge >= 0.3 is 18.0 Å². The summed E-state index contributed by atoms with van der Waals surface area (Å²) in [5, 5.41) is 11.5. The molecule has 0 rings (SSSR count). The molecule has 0 bridgehead atoms. The van der Waals surface area contributed by atoms with Gasteiger partial charge in [-0.05, 0) is 34.6 Å². The molecule has 0 radical (unpaired) electrons. The molecule has 2 atom stereocenters. The number of carbonyl (C=O) groups excluding carboxylic acids is 2. The van der Waals surface area contributed by atoms with E-state index >= 15 is 0 Å². The largest absolute Gasteiger partial charge is 0.478 e. The molecule has 0 unspecified atom stereocenters. The number of hydrogen-bond acceptors (Lipinski definition) is 5. The van der Waals surface area contributed by atoms with E-state index in [4.69, 9.17) is 9.47 Å². The van der Waals surface area contributed by atoms with Crippen molar-refractivity contribution in [1.29, 1.82) is 0 Å². The van der Waals surface area contributed by atoms with Crippen LogP contribution in [-0.4, -0.2) is 40.4 Å². The van der Waals surface area contributed by atoms with Crippen LogP contribution in [0.25, 0.3) is 0 Å². The Balaban J connectivity index is 4.73. The van der Waals surface area contributed by atoms with Gasteiger partial charge in [0.15, 0.2) is 0 Å². The van der Waals surface area contributed by atoms with Crippen molar-refractivity contribution >= 4 is 18.0 Å². The Hall–Kier alpha value is -1.79. The van der Waals surface area contributed by atoms with Gasteiger partial charge in [0, 0.05) is 5.92 Å². The van der Waals surface area contributed by atoms with Crippen molar-refractivity contribution in [3.05, 3.63) is 0 Å². The summed E-state index contributed by atoms with van der Waals surface area (Å²) in [5.41, 5.74) is -2.35. The van der Waals surface area contributed by atoms with Crippen LogP contribution in [0.1, 0.15) is 48.5 Å². The molecule has 0 fully saturated rings. The number of carboxylic acid groups (broad SMARTS) is 1. The summed E-state index contributed by atoms with van der Waals surface area (Å²) in [6.45, 7) is 11.1. The summed E-state index contributed by atoms with van der Waals surface area (Å²) < 4.78 is 10.1. The highest BCUT2D eigenvalue weighted by Crippen LogP contribution is 2.22. The van der Waals surface area contributed by atoms with E-state index in [1.165, 1.54) is 13.8 Å². The Morgan fingerprint density at radius 1 is 1.00 bits per heavy atom. The maximum absolute atomic E-state index is 11.9. The molecule has 122 valence electrons. The third kappa shape index (κ3) is 6.01. The first kappa shape index (κ1) is 19.2. The number of nitrogens with one attached hydrogen (secondary N) is 1. The van der Waals surface area contributed by atoms with Gasteiger partial charge in [0.25, 0.3) is 0 Å². The van der Waals surface area contributed by atoms with Crippen molar-refractivity contribution in [2.75, 3.05) is 0 Å². The van der Waals surface area contributed by atoms with Crippen LogP contribution in [0.2, 0.25) is 0 Å². The van der Waals surface area contributed by atoms with E-state index < -0.39 is 41.2 Å². The molecular weight excluding hydrogens is 278 g/mol. The van der Waals surface area contributed by atoms with Crippen molar-refractivity contribution in [2.24, 2.45) is 5.92 Å². The molecule has 1 amide bonds. The molecular formula is C14H25NO6. The molecule has 7 nitrogen and oxygen atoms in total. The van der Waals surface area contributed by atoms with Gasteiger partial charge in [0.1, 0.15) is 11.6 Å². The van der Waals surface area contributed by atoms with Crippen LogP contribution in [0.15, 0.2) is 0 Å². The fourth-order valence-corrected chi connectivity index (χ4v) is 1.25. The van der Waals surface area contributed by atoms with Crippen LogP contribution in [0, 0.1) is 5.92 Å². The molecule has 0 spiro atoms. The molecule has 0 aliphatic rings. The van der Waals surface area contributed by atoms with Crippen molar-refractivity contribution in [2.45, 2.75) is 65.7 Å². The molecule has 0 aliphatic heterocycles. The van der Waals surface area contributed by atoms with Crippen molar-refractivity contribution in [3.63, 3.8) is 0 Å². The van der Waals surface area contributed by atoms with Gasteiger partial charge in [-0.2, -0.15) is 0 Å². The zero-order valence-corrected chi connectivity index (χ0v) is 13.6. The van der Waals surface area contributed by atoms with Crippen LogP contribution in [0.5, 0.6) is 0 Å². The number of carboxylic acids is 1. The lowest BCUT2D eigenvalue weighted by Gasteiger charge is -2.30. The number of hydrogen-bond donors (Lipinski definition) is 2. The standard InChI is InChI=1S/C14H25NO6/c1-8(2)14(7,11(17)18)20-10(16)9(3)15-12(19)21-13(4,5)6/h8-9H,1-7H3,(H,15,19)(H,17,18)/t9-,14-/m0/s1. The molecule has 21 heavy (non-hydrogen) atoms. The molecule has 0 aliphatic carbocycles. The van der Waals surface area contributed by atoms with Crippen molar-refractivity contribution in [3.8, 4) is 0 Å². The molecule has 0 aromatic rings. The summed E-state index contributed by atoms with van der Waals surface area (Å²) in [6.07, 6.45) is -0.770. The Morgan fingerprint density at radius 3 is 1.81 bits per heavy atom. The minimum absolute atomic E-state index is 0.423. The van der Waals surface area contributed by atoms with E-state index in [1.807, 2.05) is 0 Å². The Bertz CT molecular complexity index is 412. The first-order chi connectivity index (χ1) is 9.29. The van der Waals surface area contributed by atoms with Gasteiger partial charge < -0.3 is 19.9 Å². The number of rotatable bonds is 5. The summed E-state index contributed by atoms with van der Waals surface area (Å²) in [4.78, 5) is 34.7. The molecule has 7 heteroatoms. The topological polar surface area (TPSA) is 102 Å². The highest BCUT2D eigenvalue weighted by molar-refractivity contribution is 5.85. The van der Waals surface area contributed by atoms with Crippen LogP contribution in [0.3, 0.4) is 0 Å². The quantitative estimate of drug-likeness (QED) is 0.753. The number of amides is 1. The lowest BCUT2D eigenvalue weighted by molar-refractivity contribution is -0.183. The van der Waals surface area contributed by atoms with Crippen molar-refractivity contribution < 1.29 is 29.0 Å². The lowest BCUT2D eigenvalue weighted by atomic mass is 9.92. The average Bonchev–Trinajstić information content (AvgIpc) is 2.24. The summed E-state index contributed by atoms with van der Waals surface area (Å²) in [7, 11) is 0. The zero-order chi connectivity index (χ0) is 17.0. The van der Waals surface area contributed by atoms with Crippen LogP contribution in [0.4, 0.5) is 4.79 Å². The molecule has 0 aromatic carbocycles.